The van der Waals surface area contributed by atoms with Gasteiger partial charge in [0.25, 0.3) is 10.0 Å². The Morgan fingerprint density at radius 3 is 2.38 bits per heavy atom. The van der Waals surface area contributed by atoms with Gasteiger partial charge in [0.2, 0.25) is 0 Å². The molecule has 2 aromatic rings. The normalized spacial score (nSPS) is 11.3. The molecular formula is C13H13NO5S2. The Balaban J connectivity index is 2.30. The number of aliphatic carboxylic acids is 1. The van der Waals surface area contributed by atoms with Crippen molar-refractivity contribution in [1.82, 2.24) is 0 Å². The second-order valence-corrected chi connectivity index (χ2v) is 7.64. The molecule has 0 bridgehead atoms. The smallest absolute Gasteiger partial charge is 0.308 e. The fourth-order valence-corrected chi connectivity index (χ4v) is 4.39. The largest absolute Gasteiger partial charge is 0.508 e. The highest BCUT2D eigenvalue weighted by Gasteiger charge is 2.23. The summed E-state index contributed by atoms with van der Waals surface area (Å²) in [7, 11) is -2.34. The number of carboxylic acid groups (broad SMARTS) is 1. The summed E-state index contributed by atoms with van der Waals surface area (Å²) in [4.78, 5) is 11.1. The van der Waals surface area contributed by atoms with E-state index in [1.807, 2.05) is 0 Å². The van der Waals surface area contributed by atoms with Crippen molar-refractivity contribution in [3.8, 4) is 5.75 Å². The molecule has 0 unspecified atom stereocenters. The Morgan fingerprint density at radius 1 is 1.19 bits per heavy atom. The number of sulfonamides is 1. The maximum Gasteiger partial charge on any atom is 0.308 e. The zero-order valence-corrected chi connectivity index (χ0v) is 12.7. The molecule has 0 saturated heterocycles. The summed E-state index contributed by atoms with van der Waals surface area (Å²) in [6.07, 6.45) is -0.205. The molecule has 1 aromatic carbocycles. The van der Waals surface area contributed by atoms with Gasteiger partial charge < -0.3 is 10.2 Å². The van der Waals surface area contributed by atoms with E-state index in [4.69, 9.17) is 5.11 Å². The molecule has 112 valence electrons. The summed E-state index contributed by atoms with van der Waals surface area (Å²) >= 11 is 0.934. The summed E-state index contributed by atoms with van der Waals surface area (Å²) in [6, 6.07) is 8.65. The van der Waals surface area contributed by atoms with Gasteiger partial charge in [-0.15, -0.1) is 11.3 Å². The van der Waals surface area contributed by atoms with Gasteiger partial charge >= 0.3 is 5.97 Å². The van der Waals surface area contributed by atoms with E-state index in [0.717, 1.165) is 15.6 Å². The van der Waals surface area contributed by atoms with Crippen molar-refractivity contribution >= 4 is 33.0 Å². The monoisotopic (exact) mass is 327 g/mol. The van der Waals surface area contributed by atoms with E-state index in [2.05, 4.69) is 0 Å². The Labute approximate surface area is 125 Å². The van der Waals surface area contributed by atoms with Crippen molar-refractivity contribution < 1.29 is 23.4 Å². The molecule has 0 spiro atoms. The van der Waals surface area contributed by atoms with Crippen LogP contribution < -0.4 is 4.31 Å². The molecule has 8 heteroatoms. The Bertz CT molecular complexity index is 749. The summed E-state index contributed by atoms with van der Waals surface area (Å²) in [5.41, 5.74) is 0.404. The minimum Gasteiger partial charge on any atom is -0.508 e. The molecule has 1 heterocycles. The number of carbonyl (C=O) groups is 1. The van der Waals surface area contributed by atoms with Crippen LogP contribution in [0.3, 0.4) is 0 Å². The second kappa shape index (κ2) is 5.74. The van der Waals surface area contributed by atoms with Crippen LogP contribution in [-0.4, -0.2) is 31.6 Å². The summed E-state index contributed by atoms with van der Waals surface area (Å²) in [5.74, 6) is -0.961. The van der Waals surface area contributed by atoms with Crippen molar-refractivity contribution in [2.45, 2.75) is 10.6 Å². The lowest BCUT2D eigenvalue weighted by molar-refractivity contribution is -0.136. The summed E-state index contributed by atoms with van der Waals surface area (Å²) in [5, 5.41) is 17.9. The highest BCUT2D eigenvalue weighted by molar-refractivity contribution is 7.94. The van der Waals surface area contributed by atoms with E-state index >= 15 is 0 Å². The third-order valence-electron chi connectivity index (χ3n) is 2.79. The van der Waals surface area contributed by atoms with Crippen molar-refractivity contribution in [3.05, 3.63) is 41.3 Å². The van der Waals surface area contributed by atoms with Crippen molar-refractivity contribution in [2.75, 3.05) is 11.4 Å². The van der Waals surface area contributed by atoms with Gasteiger partial charge in [0.1, 0.15) is 9.96 Å². The number of rotatable bonds is 5. The highest BCUT2D eigenvalue weighted by Crippen LogP contribution is 2.28. The number of phenols is 1. The van der Waals surface area contributed by atoms with E-state index in [-0.39, 0.29) is 16.4 Å². The van der Waals surface area contributed by atoms with Crippen LogP contribution in [0.5, 0.6) is 5.75 Å². The predicted octanol–water partition coefficient (Wildman–Crippen LogP) is 1.91. The van der Waals surface area contributed by atoms with Gasteiger partial charge in [-0.1, -0.05) is 0 Å². The van der Waals surface area contributed by atoms with Crippen LogP contribution in [0.1, 0.15) is 4.88 Å². The molecule has 0 amide bonds. The minimum absolute atomic E-state index is 0.0458. The predicted molar refractivity (Wildman–Crippen MR) is 79.4 cm³/mol. The van der Waals surface area contributed by atoms with Crippen molar-refractivity contribution in [3.63, 3.8) is 0 Å². The number of benzene rings is 1. The zero-order chi connectivity index (χ0) is 15.6. The number of hydrogen-bond donors (Lipinski definition) is 2. The van der Waals surface area contributed by atoms with E-state index in [1.54, 1.807) is 0 Å². The zero-order valence-electron chi connectivity index (χ0n) is 11.1. The fraction of sp³-hybridized carbons (Fsp3) is 0.154. The van der Waals surface area contributed by atoms with Crippen LogP contribution >= 0.6 is 11.3 Å². The van der Waals surface area contributed by atoms with Gasteiger partial charge in [-0.05, 0) is 36.4 Å². The van der Waals surface area contributed by atoms with Crippen LogP contribution in [0, 0.1) is 0 Å². The summed E-state index contributed by atoms with van der Waals surface area (Å²) in [6.45, 7) is 0. The Morgan fingerprint density at radius 2 is 1.81 bits per heavy atom. The number of nitrogens with zero attached hydrogens (tertiary/aromatic N) is 1. The molecule has 0 radical (unpaired) electrons. The number of anilines is 1. The first-order chi connectivity index (χ1) is 9.80. The molecule has 0 atom stereocenters. The average Bonchev–Trinajstić information content (AvgIpc) is 2.87. The topological polar surface area (TPSA) is 94.9 Å². The van der Waals surface area contributed by atoms with Gasteiger partial charge in [0.05, 0.1) is 12.1 Å². The molecule has 6 nitrogen and oxygen atoms in total. The molecule has 0 aliphatic rings. The lowest BCUT2D eigenvalue weighted by Gasteiger charge is -2.18. The number of aromatic hydroxyl groups is 1. The van der Waals surface area contributed by atoms with Gasteiger partial charge in [-0.25, -0.2) is 8.42 Å². The molecule has 21 heavy (non-hydrogen) atoms. The molecule has 0 saturated carbocycles. The maximum absolute atomic E-state index is 12.4. The second-order valence-electron chi connectivity index (χ2n) is 4.28. The summed E-state index contributed by atoms with van der Waals surface area (Å²) < 4.78 is 26.1. The molecule has 1 aromatic heterocycles. The first-order valence-electron chi connectivity index (χ1n) is 5.89. The van der Waals surface area contributed by atoms with Crippen LogP contribution in [0.15, 0.2) is 40.6 Å². The average molecular weight is 327 g/mol. The first kappa shape index (κ1) is 15.3. The molecule has 2 rings (SSSR count). The molecule has 0 aliphatic carbocycles. The maximum atomic E-state index is 12.4. The van der Waals surface area contributed by atoms with Gasteiger partial charge in [-0.2, -0.15) is 0 Å². The van der Waals surface area contributed by atoms with Crippen LogP contribution in [0.2, 0.25) is 0 Å². The quantitative estimate of drug-likeness (QED) is 0.874. The lowest BCUT2D eigenvalue weighted by Crippen LogP contribution is -2.25. The number of phenolic OH excluding ortho intramolecular Hbond substituents is 1. The van der Waals surface area contributed by atoms with Crippen LogP contribution in [-0.2, 0) is 21.2 Å². The lowest BCUT2D eigenvalue weighted by atomic mass is 10.3. The van der Waals surface area contributed by atoms with Gasteiger partial charge in [0.15, 0.2) is 0 Å². The molecule has 0 aliphatic heterocycles. The van der Waals surface area contributed by atoms with Gasteiger partial charge in [-0.3, -0.25) is 9.10 Å². The molecule has 0 fully saturated rings. The van der Waals surface area contributed by atoms with Crippen LogP contribution in [0.4, 0.5) is 5.69 Å². The van der Waals surface area contributed by atoms with Crippen LogP contribution in [0.25, 0.3) is 0 Å². The third-order valence-corrected chi connectivity index (χ3v) is 6.13. The van der Waals surface area contributed by atoms with Crippen molar-refractivity contribution in [1.29, 1.82) is 0 Å². The van der Waals surface area contributed by atoms with Crippen molar-refractivity contribution in [2.24, 2.45) is 0 Å². The first-order valence-corrected chi connectivity index (χ1v) is 8.15. The third kappa shape index (κ3) is 3.34. The van der Waals surface area contributed by atoms with E-state index in [9.17, 15) is 18.3 Å². The van der Waals surface area contributed by atoms with E-state index < -0.39 is 16.0 Å². The number of carboxylic acids is 1. The highest BCUT2D eigenvalue weighted by atomic mass is 32.2. The molecule has 2 N–H and O–H groups in total. The fourth-order valence-electron chi connectivity index (χ4n) is 1.68. The van der Waals surface area contributed by atoms with E-state index in [0.29, 0.717) is 10.6 Å². The standard InChI is InChI=1S/C13H13NO5S2/c1-14(9-2-4-10(15)5-3-9)21(18,19)13-7-6-11(20-13)8-12(16)17/h2-7,15H,8H2,1H3,(H,16,17). The molecular weight excluding hydrogens is 314 g/mol. The van der Waals surface area contributed by atoms with Gasteiger partial charge in [0, 0.05) is 11.9 Å². The Hall–Kier alpha value is -2.06. The number of hydrogen-bond acceptors (Lipinski definition) is 5. The van der Waals surface area contributed by atoms with E-state index in [1.165, 1.54) is 43.4 Å². The number of thiophene rings is 1. The Kier molecular flexibility index (Phi) is 4.19. The minimum atomic E-state index is -3.74. The SMILES string of the molecule is CN(c1ccc(O)cc1)S(=O)(=O)c1ccc(CC(=O)O)s1.